The van der Waals surface area contributed by atoms with Crippen molar-refractivity contribution in [1.82, 2.24) is 4.98 Å². The van der Waals surface area contributed by atoms with Gasteiger partial charge in [-0.1, -0.05) is 23.7 Å². The van der Waals surface area contributed by atoms with E-state index in [1.807, 2.05) is 6.07 Å². The van der Waals surface area contributed by atoms with Gasteiger partial charge >= 0.3 is 0 Å². The van der Waals surface area contributed by atoms with E-state index in [0.29, 0.717) is 4.47 Å². The van der Waals surface area contributed by atoms with Crippen LogP contribution in [0.3, 0.4) is 0 Å². The van der Waals surface area contributed by atoms with Crippen LogP contribution in [0.1, 0.15) is 10.4 Å². The zero-order valence-electron chi connectivity index (χ0n) is 8.33. The molecular formula is C11H11ClN2S. The van der Waals surface area contributed by atoms with Crippen LogP contribution < -0.4 is 5.32 Å². The molecule has 0 aliphatic heterocycles. The monoisotopic (exact) mass is 238 g/mol. The van der Waals surface area contributed by atoms with E-state index in [0.717, 1.165) is 17.1 Å². The van der Waals surface area contributed by atoms with E-state index in [4.69, 9.17) is 11.6 Å². The van der Waals surface area contributed by atoms with Crippen LogP contribution in [-0.4, -0.2) is 4.98 Å². The first-order valence-corrected chi connectivity index (χ1v) is 5.84. The van der Waals surface area contributed by atoms with E-state index < -0.39 is 0 Å². The summed E-state index contributed by atoms with van der Waals surface area (Å²) in [6, 6.07) is 8.28. The first-order valence-electron chi connectivity index (χ1n) is 4.65. The molecule has 2 aromatic rings. The molecule has 1 aromatic carbocycles. The van der Waals surface area contributed by atoms with Gasteiger partial charge in [0.25, 0.3) is 0 Å². The SMILES string of the molecule is Cc1cccc(NCc2cnc(Cl)s2)c1. The maximum Gasteiger partial charge on any atom is 0.183 e. The number of hydrogen-bond acceptors (Lipinski definition) is 3. The number of hydrogen-bond donors (Lipinski definition) is 1. The molecule has 1 aromatic heterocycles. The van der Waals surface area contributed by atoms with Crippen LogP contribution in [0.4, 0.5) is 5.69 Å². The first kappa shape index (κ1) is 10.5. The van der Waals surface area contributed by atoms with E-state index in [1.165, 1.54) is 16.9 Å². The number of anilines is 1. The van der Waals surface area contributed by atoms with E-state index in [9.17, 15) is 0 Å². The fraction of sp³-hybridized carbons (Fsp3) is 0.182. The highest BCUT2D eigenvalue weighted by Crippen LogP contribution is 2.19. The van der Waals surface area contributed by atoms with Crippen LogP contribution in [0.15, 0.2) is 30.5 Å². The van der Waals surface area contributed by atoms with Crippen molar-refractivity contribution < 1.29 is 0 Å². The fourth-order valence-corrected chi connectivity index (χ4v) is 2.23. The lowest BCUT2D eigenvalue weighted by Crippen LogP contribution is -1.97. The predicted octanol–water partition coefficient (Wildman–Crippen LogP) is 3.72. The Labute approximate surface area is 97.9 Å². The number of aromatic nitrogens is 1. The fourth-order valence-electron chi connectivity index (χ4n) is 1.31. The Bertz CT molecular complexity index is 453. The van der Waals surface area contributed by atoms with Crippen molar-refractivity contribution in [3.05, 3.63) is 45.4 Å². The quantitative estimate of drug-likeness (QED) is 0.882. The molecule has 2 nitrogen and oxygen atoms in total. The van der Waals surface area contributed by atoms with Gasteiger partial charge in [-0.15, -0.1) is 11.3 Å². The highest BCUT2D eigenvalue weighted by molar-refractivity contribution is 7.15. The molecule has 0 saturated heterocycles. The molecule has 0 amide bonds. The summed E-state index contributed by atoms with van der Waals surface area (Å²) >= 11 is 7.25. The average molecular weight is 239 g/mol. The number of benzene rings is 1. The summed E-state index contributed by atoms with van der Waals surface area (Å²) in [6.45, 7) is 2.85. The number of nitrogens with one attached hydrogen (secondary N) is 1. The Balaban J connectivity index is 1.99. The lowest BCUT2D eigenvalue weighted by Gasteiger charge is -2.04. The van der Waals surface area contributed by atoms with Gasteiger partial charge in [0.05, 0.1) is 6.54 Å². The Morgan fingerprint density at radius 3 is 3.00 bits per heavy atom. The number of thiazole rings is 1. The predicted molar refractivity (Wildman–Crippen MR) is 65.6 cm³/mol. The minimum Gasteiger partial charge on any atom is -0.380 e. The second-order valence-corrected chi connectivity index (χ2v) is 5.00. The van der Waals surface area contributed by atoms with Gasteiger partial charge in [-0.3, -0.25) is 0 Å². The van der Waals surface area contributed by atoms with Crippen molar-refractivity contribution in [2.45, 2.75) is 13.5 Å². The van der Waals surface area contributed by atoms with Gasteiger partial charge in [0.1, 0.15) is 0 Å². The molecule has 0 bridgehead atoms. The zero-order valence-corrected chi connectivity index (χ0v) is 9.90. The van der Waals surface area contributed by atoms with Crippen molar-refractivity contribution >= 4 is 28.6 Å². The van der Waals surface area contributed by atoms with Crippen LogP contribution in [0.5, 0.6) is 0 Å². The van der Waals surface area contributed by atoms with Crippen molar-refractivity contribution in [1.29, 1.82) is 0 Å². The van der Waals surface area contributed by atoms with Crippen molar-refractivity contribution in [3.8, 4) is 0 Å². The van der Waals surface area contributed by atoms with Gasteiger partial charge in [-0.05, 0) is 24.6 Å². The van der Waals surface area contributed by atoms with E-state index in [1.54, 1.807) is 6.20 Å². The smallest absolute Gasteiger partial charge is 0.183 e. The minimum absolute atomic E-state index is 0.594. The van der Waals surface area contributed by atoms with Crippen LogP contribution in [0, 0.1) is 6.92 Å². The molecule has 4 heteroatoms. The van der Waals surface area contributed by atoms with Gasteiger partial charge in [-0.25, -0.2) is 4.98 Å². The molecule has 78 valence electrons. The second-order valence-electron chi connectivity index (χ2n) is 3.30. The Morgan fingerprint density at radius 2 is 2.33 bits per heavy atom. The first-order chi connectivity index (χ1) is 7.24. The summed E-state index contributed by atoms with van der Waals surface area (Å²) in [5.41, 5.74) is 2.38. The van der Waals surface area contributed by atoms with Gasteiger partial charge in [0.15, 0.2) is 4.47 Å². The molecule has 0 spiro atoms. The molecule has 0 saturated carbocycles. The molecule has 0 radical (unpaired) electrons. The highest BCUT2D eigenvalue weighted by atomic mass is 35.5. The molecule has 2 rings (SSSR count). The summed E-state index contributed by atoms with van der Waals surface area (Å²) in [4.78, 5) is 5.13. The van der Waals surface area contributed by atoms with Crippen molar-refractivity contribution in [2.75, 3.05) is 5.32 Å². The molecular weight excluding hydrogens is 228 g/mol. The van der Waals surface area contributed by atoms with Gasteiger partial charge in [0.2, 0.25) is 0 Å². The lowest BCUT2D eigenvalue weighted by molar-refractivity contribution is 1.17. The molecule has 0 aliphatic carbocycles. The molecule has 15 heavy (non-hydrogen) atoms. The number of aryl methyl sites for hydroxylation is 1. The Morgan fingerprint density at radius 1 is 1.47 bits per heavy atom. The van der Waals surface area contributed by atoms with Crippen LogP contribution in [0.25, 0.3) is 0 Å². The largest absolute Gasteiger partial charge is 0.380 e. The molecule has 0 atom stereocenters. The van der Waals surface area contributed by atoms with Crippen LogP contribution >= 0.6 is 22.9 Å². The third-order valence-electron chi connectivity index (χ3n) is 2.01. The Hall–Kier alpha value is -1.06. The lowest BCUT2D eigenvalue weighted by atomic mass is 10.2. The van der Waals surface area contributed by atoms with Gasteiger partial charge < -0.3 is 5.32 Å². The van der Waals surface area contributed by atoms with Gasteiger partial charge in [-0.2, -0.15) is 0 Å². The third-order valence-corrected chi connectivity index (χ3v) is 3.12. The molecule has 1 heterocycles. The number of rotatable bonds is 3. The van der Waals surface area contributed by atoms with Crippen molar-refractivity contribution in [3.63, 3.8) is 0 Å². The number of nitrogens with zero attached hydrogens (tertiary/aromatic N) is 1. The Kier molecular flexibility index (Phi) is 3.23. The van der Waals surface area contributed by atoms with E-state index in [2.05, 4.69) is 35.4 Å². The van der Waals surface area contributed by atoms with Crippen LogP contribution in [0.2, 0.25) is 4.47 Å². The normalized spacial score (nSPS) is 10.3. The van der Waals surface area contributed by atoms with E-state index >= 15 is 0 Å². The summed E-state index contributed by atoms with van der Waals surface area (Å²) in [7, 11) is 0. The average Bonchev–Trinajstić information content (AvgIpc) is 2.62. The highest BCUT2D eigenvalue weighted by Gasteiger charge is 1.99. The zero-order chi connectivity index (χ0) is 10.7. The summed E-state index contributed by atoms with van der Waals surface area (Å²) in [5, 5.41) is 3.33. The maximum atomic E-state index is 5.75. The second kappa shape index (κ2) is 4.64. The molecule has 1 N–H and O–H groups in total. The maximum absolute atomic E-state index is 5.75. The van der Waals surface area contributed by atoms with E-state index in [-0.39, 0.29) is 0 Å². The molecule has 0 aliphatic rings. The molecule has 0 fully saturated rings. The third kappa shape index (κ3) is 2.94. The topological polar surface area (TPSA) is 24.9 Å². The van der Waals surface area contributed by atoms with Gasteiger partial charge in [0, 0.05) is 16.8 Å². The number of halogens is 1. The summed E-state index contributed by atoms with van der Waals surface area (Å²) < 4.78 is 0.594. The minimum atomic E-state index is 0.594. The van der Waals surface area contributed by atoms with Crippen molar-refractivity contribution in [2.24, 2.45) is 0 Å². The summed E-state index contributed by atoms with van der Waals surface area (Å²) in [6.07, 6.45) is 1.80. The molecule has 0 unspecified atom stereocenters. The van der Waals surface area contributed by atoms with Crippen LogP contribution in [-0.2, 0) is 6.54 Å². The summed E-state index contributed by atoms with van der Waals surface area (Å²) in [5.74, 6) is 0. The standard InChI is InChI=1S/C11H11ClN2S/c1-8-3-2-4-9(5-8)13-6-10-7-14-11(12)15-10/h2-5,7,13H,6H2,1H3.